The molecule has 0 aliphatic rings. The van der Waals surface area contributed by atoms with Crippen LogP contribution in [0.15, 0.2) is 42.6 Å². The molecule has 2 N–H and O–H groups in total. The summed E-state index contributed by atoms with van der Waals surface area (Å²) in [7, 11) is 1.88. The summed E-state index contributed by atoms with van der Waals surface area (Å²) >= 11 is 0. The van der Waals surface area contributed by atoms with E-state index in [0.717, 1.165) is 22.5 Å². The van der Waals surface area contributed by atoms with Gasteiger partial charge in [0, 0.05) is 24.9 Å². The van der Waals surface area contributed by atoms with Crippen molar-refractivity contribution in [1.82, 2.24) is 19.7 Å². The number of nitrogens with zero attached hydrogens (tertiary/aromatic N) is 4. The second-order valence-corrected chi connectivity index (χ2v) is 4.67. The zero-order valence-electron chi connectivity index (χ0n) is 11.4. The molecule has 2 heterocycles. The number of anilines is 1. The molecular weight excluding hydrogens is 250 g/mol. The summed E-state index contributed by atoms with van der Waals surface area (Å²) in [5, 5.41) is 4.32. The molecule has 3 aromatic rings. The Hall–Kier alpha value is -2.69. The van der Waals surface area contributed by atoms with Gasteiger partial charge in [0.1, 0.15) is 5.82 Å². The highest BCUT2D eigenvalue weighted by molar-refractivity contribution is 5.67. The molecule has 0 radical (unpaired) electrons. The first kappa shape index (κ1) is 12.3. The Morgan fingerprint density at radius 3 is 2.50 bits per heavy atom. The summed E-state index contributed by atoms with van der Waals surface area (Å²) in [5.41, 5.74) is 9.53. The van der Waals surface area contributed by atoms with Gasteiger partial charge in [0.05, 0.1) is 17.0 Å². The first-order valence-electron chi connectivity index (χ1n) is 6.34. The summed E-state index contributed by atoms with van der Waals surface area (Å²) in [4.78, 5) is 8.92. The van der Waals surface area contributed by atoms with Crippen LogP contribution in [0.2, 0.25) is 0 Å². The number of aromatic nitrogens is 4. The first-order valence-corrected chi connectivity index (χ1v) is 6.34. The SMILES string of the molecule is Cc1nn(C)cc1-c1nc(N)cc(-c2ccccc2)n1. The van der Waals surface area contributed by atoms with Crippen LogP contribution in [0, 0.1) is 6.92 Å². The monoisotopic (exact) mass is 265 g/mol. The minimum atomic E-state index is 0.456. The molecule has 5 nitrogen and oxygen atoms in total. The van der Waals surface area contributed by atoms with Gasteiger partial charge >= 0.3 is 0 Å². The fourth-order valence-corrected chi connectivity index (χ4v) is 2.16. The Bertz CT molecular complexity index is 746. The Morgan fingerprint density at radius 1 is 1.10 bits per heavy atom. The normalized spacial score (nSPS) is 10.7. The van der Waals surface area contributed by atoms with Crippen molar-refractivity contribution in [2.75, 3.05) is 5.73 Å². The number of hydrogen-bond acceptors (Lipinski definition) is 4. The molecular formula is C15H15N5. The van der Waals surface area contributed by atoms with Crippen LogP contribution >= 0.6 is 0 Å². The largest absolute Gasteiger partial charge is 0.384 e. The molecule has 0 bridgehead atoms. The summed E-state index contributed by atoms with van der Waals surface area (Å²) in [6.45, 7) is 1.93. The van der Waals surface area contributed by atoms with Crippen LogP contribution < -0.4 is 5.73 Å². The summed E-state index contributed by atoms with van der Waals surface area (Å²) in [5.74, 6) is 1.06. The summed E-state index contributed by atoms with van der Waals surface area (Å²) in [6, 6.07) is 11.7. The van der Waals surface area contributed by atoms with E-state index in [1.807, 2.05) is 50.5 Å². The van der Waals surface area contributed by atoms with Crippen molar-refractivity contribution >= 4 is 5.82 Å². The van der Waals surface area contributed by atoms with Gasteiger partial charge in [-0.15, -0.1) is 0 Å². The zero-order valence-corrected chi connectivity index (χ0v) is 11.4. The molecule has 5 heteroatoms. The van der Waals surface area contributed by atoms with Gasteiger partial charge in [-0.3, -0.25) is 4.68 Å². The third kappa shape index (κ3) is 2.25. The third-order valence-corrected chi connectivity index (χ3v) is 3.07. The van der Waals surface area contributed by atoms with E-state index >= 15 is 0 Å². The van der Waals surface area contributed by atoms with E-state index in [1.165, 1.54) is 0 Å². The van der Waals surface area contributed by atoms with Gasteiger partial charge in [-0.25, -0.2) is 9.97 Å². The lowest BCUT2D eigenvalue weighted by molar-refractivity contribution is 0.756. The van der Waals surface area contributed by atoms with Crippen molar-refractivity contribution in [3.63, 3.8) is 0 Å². The van der Waals surface area contributed by atoms with Crippen molar-refractivity contribution in [3.8, 4) is 22.6 Å². The lowest BCUT2D eigenvalue weighted by atomic mass is 10.1. The predicted molar refractivity (Wildman–Crippen MR) is 78.8 cm³/mol. The van der Waals surface area contributed by atoms with Crippen LogP contribution in [0.3, 0.4) is 0 Å². The second-order valence-electron chi connectivity index (χ2n) is 4.67. The lowest BCUT2D eigenvalue weighted by Crippen LogP contribution is -1.98. The molecule has 0 spiro atoms. The van der Waals surface area contributed by atoms with E-state index < -0.39 is 0 Å². The van der Waals surface area contributed by atoms with Crippen molar-refractivity contribution < 1.29 is 0 Å². The molecule has 2 aromatic heterocycles. The quantitative estimate of drug-likeness (QED) is 0.772. The highest BCUT2D eigenvalue weighted by Crippen LogP contribution is 2.24. The van der Waals surface area contributed by atoms with E-state index in [-0.39, 0.29) is 0 Å². The lowest BCUT2D eigenvalue weighted by Gasteiger charge is -2.05. The van der Waals surface area contributed by atoms with Crippen molar-refractivity contribution in [1.29, 1.82) is 0 Å². The minimum Gasteiger partial charge on any atom is -0.384 e. The molecule has 0 saturated carbocycles. The van der Waals surface area contributed by atoms with Crippen LogP contribution in [0.1, 0.15) is 5.69 Å². The van der Waals surface area contributed by atoms with Crippen molar-refractivity contribution in [2.24, 2.45) is 7.05 Å². The van der Waals surface area contributed by atoms with Crippen LogP contribution in [0.25, 0.3) is 22.6 Å². The number of rotatable bonds is 2. The van der Waals surface area contributed by atoms with E-state index in [2.05, 4.69) is 15.1 Å². The molecule has 0 saturated heterocycles. The average molecular weight is 265 g/mol. The first-order chi connectivity index (χ1) is 9.63. The molecule has 20 heavy (non-hydrogen) atoms. The van der Waals surface area contributed by atoms with Gasteiger partial charge < -0.3 is 5.73 Å². The molecule has 3 rings (SSSR count). The van der Waals surface area contributed by atoms with E-state index in [9.17, 15) is 0 Å². The Balaban J connectivity index is 2.14. The van der Waals surface area contributed by atoms with Gasteiger partial charge in [-0.05, 0) is 6.92 Å². The maximum atomic E-state index is 5.91. The van der Waals surface area contributed by atoms with E-state index in [1.54, 1.807) is 10.7 Å². The second kappa shape index (κ2) is 4.77. The van der Waals surface area contributed by atoms with Crippen molar-refractivity contribution in [3.05, 3.63) is 48.3 Å². The Morgan fingerprint density at radius 2 is 1.85 bits per heavy atom. The fraction of sp³-hybridized carbons (Fsp3) is 0.133. The van der Waals surface area contributed by atoms with Crippen LogP contribution in [-0.2, 0) is 7.05 Å². The Kier molecular flexibility index (Phi) is 2.95. The molecule has 0 atom stereocenters. The number of nitrogen functional groups attached to an aromatic ring is 1. The topological polar surface area (TPSA) is 69.6 Å². The molecule has 0 fully saturated rings. The summed E-state index contributed by atoms with van der Waals surface area (Å²) < 4.78 is 1.75. The maximum Gasteiger partial charge on any atom is 0.165 e. The zero-order chi connectivity index (χ0) is 14.1. The number of aryl methyl sites for hydroxylation is 2. The molecule has 0 aliphatic heterocycles. The van der Waals surface area contributed by atoms with Gasteiger partial charge in [-0.1, -0.05) is 30.3 Å². The molecule has 100 valence electrons. The van der Waals surface area contributed by atoms with Gasteiger partial charge in [-0.2, -0.15) is 5.10 Å². The van der Waals surface area contributed by atoms with Gasteiger partial charge in [0.2, 0.25) is 0 Å². The van der Waals surface area contributed by atoms with Crippen LogP contribution in [0.4, 0.5) is 5.82 Å². The minimum absolute atomic E-state index is 0.456. The van der Waals surface area contributed by atoms with Crippen LogP contribution in [0.5, 0.6) is 0 Å². The maximum absolute atomic E-state index is 5.91. The van der Waals surface area contributed by atoms with Crippen LogP contribution in [-0.4, -0.2) is 19.7 Å². The van der Waals surface area contributed by atoms with E-state index in [0.29, 0.717) is 11.6 Å². The smallest absolute Gasteiger partial charge is 0.165 e. The highest BCUT2D eigenvalue weighted by atomic mass is 15.3. The molecule has 1 aromatic carbocycles. The average Bonchev–Trinajstić information content (AvgIpc) is 2.78. The molecule has 0 unspecified atom stereocenters. The van der Waals surface area contributed by atoms with Crippen molar-refractivity contribution in [2.45, 2.75) is 6.92 Å². The molecule has 0 amide bonds. The van der Waals surface area contributed by atoms with E-state index in [4.69, 9.17) is 5.73 Å². The highest BCUT2D eigenvalue weighted by Gasteiger charge is 2.11. The number of nitrogens with two attached hydrogens (primary N) is 1. The molecule has 0 aliphatic carbocycles. The third-order valence-electron chi connectivity index (χ3n) is 3.07. The van der Waals surface area contributed by atoms with Gasteiger partial charge in [0.25, 0.3) is 0 Å². The number of hydrogen-bond donors (Lipinski definition) is 1. The Labute approximate surface area is 117 Å². The van der Waals surface area contributed by atoms with Gasteiger partial charge in [0.15, 0.2) is 5.82 Å². The number of benzene rings is 1. The fourth-order valence-electron chi connectivity index (χ4n) is 2.16. The standard InChI is InChI=1S/C15H15N5/c1-10-12(9-20(2)19-10)15-17-13(8-14(16)18-15)11-6-4-3-5-7-11/h3-9H,1-2H3,(H2,16,17,18). The predicted octanol–water partition coefficient (Wildman–Crippen LogP) is 2.43. The summed E-state index contributed by atoms with van der Waals surface area (Å²) in [6.07, 6.45) is 1.90.